The maximum atomic E-state index is 12.0. The van der Waals surface area contributed by atoms with Crippen LogP contribution < -0.4 is 0 Å². The van der Waals surface area contributed by atoms with Crippen LogP contribution in [0.3, 0.4) is 0 Å². The average molecular weight is 315 g/mol. The van der Waals surface area contributed by atoms with E-state index in [2.05, 4.69) is 4.99 Å². The maximum absolute atomic E-state index is 12.0. The standard InChI is InChI=1S/C12H13NO5S2/c1-19(15,16)10-5-3-4-9(11(10)20(2,17)18)12(6-7-12)13-8-14/h3-5H,6-7H2,1-2H3. The van der Waals surface area contributed by atoms with Crippen LogP contribution in [0, 0.1) is 0 Å². The molecule has 0 unspecified atom stereocenters. The molecule has 1 aromatic carbocycles. The lowest BCUT2D eigenvalue weighted by molar-refractivity contribution is 0.553. The van der Waals surface area contributed by atoms with Crippen LogP contribution in [0.25, 0.3) is 0 Å². The number of carbonyl (C=O) groups excluding carboxylic acids is 1. The number of nitrogens with zero attached hydrogens (tertiary/aromatic N) is 1. The van der Waals surface area contributed by atoms with Crippen LogP contribution in [0.15, 0.2) is 33.0 Å². The van der Waals surface area contributed by atoms with Gasteiger partial charge in [-0.15, -0.1) is 0 Å². The highest BCUT2D eigenvalue weighted by atomic mass is 32.2. The van der Waals surface area contributed by atoms with Gasteiger partial charge in [-0.3, -0.25) is 0 Å². The highest BCUT2D eigenvalue weighted by molar-refractivity contribution is 7.93. The van der Waals surface area contributed by atoms with E-state index < -0.39 is 25.2 Å². The average Bonchev–Trinajstić information content (AvgIpc) is 3.07. The molecule has 0 atom stereocenters. The molecule has 0 radical (unpaired) electrons. The minimum atomic E-state index is -3.78. The van der Waals surface area contributed by atoms with E-state index in [9.17, 15) is 21.6 Å². The van der Waals surface area contributed by atoms with Gasteiger partial charge in [0, 0.05) is 18.1 Å². The van der Waals surface area contributed by atoms with E-state index in [-0.39, 0.29) is 15.4 Å². The molecule has 1 fully saturated rings. The molecule has 1 aliphatic rings. The van der Waals surface area contributed by atoms with Gasteiger partial charge in [0.15, 0.2) is 19.7 Å². The third-order valence-electron chi connectivity index (χ3n) is 3.23. The zero-order valence-corrected chi connectivity index (χ0v) is 12.6. The predicted octanol–water partition coefficient (Wildman–Crippen LogP) is 0.819. The van der Waals surface area contributed by atoms with Gasteiger partial charge >= 0.3 is 0 Å². The first-order valence-corrected chi connectivity index (χ1v) is 9.53. The summed E-state index contributed by atoms with van der Waals surface area (Å²) in [4.78, 5) is 13.7. The molecule has 20 heavy (non-hydrogen) atoms. The molecule has 0 aromatic heterocycles. The Morgan fingerprint density at radius 2 is 1.70 bits per heavy atom. The van der Waals surface area contributed by atoms with Gasteiger partial charge in [0.2, 0.25) is 6.08 Å². The Kier molecular flexibility index (Phi) is 3.36. The van der Waals surface area contributed by atoms with Crippen LogP contribution in [0.5, 0.6) is 0 Å². The zero-order chi connectivity index (χ0) is 15.2. The Morgan fingerprint density at radius 1 is 1.10 bits per heavy atom. The van der Waals surface area contributed by atoms with Gasteiger partial charge in [0.25, 0.3) is 0 Å². The van der Waals surface area contributed by atoms with E-state index >= 15 is 0 Å². The van der Waals surface area contributed by atoms with Crippen molar-refractivity contribution < 1.29 is 21.6 Å². The number of hydrogen-bond donors (Lipinski definition) is 0. The van der Waals surface area contributed by atoms with Crippen LogP contribution in [0.4, 0.5) is 0 Å². The summed E-state index contributed by atoms with van der Waals surface area (Å²) in [5, 5.41) is 0. The van der Waals surface area contributed by atoms with Crippen molar-refractivity contribution in [1.82, 2.24) is 0 Å². The highest BCUT2D eigenvalue weighted by Gasteiger charge is 2.48. The number of aliphatic imine (C=N–C) groups is 1. The zero-order valence-electron chi connectivity index (χ0n) is 11.0. The number of sulfone groups is 2. The summed E-state index contributed by atoms with van der Waals surface area (Å²) in [6.45, 7) is 0. The van der Waals surface area contributed by atoms with Crippen molar-refractivity contribution in [1.29, 1.82) is 0 Å². The summed E-state index contributed by atoms with van der Waals surface area (Å²) < 4.78 is 47.6. The van der Waals surface area contributed by atoms with Crippen LogP contribution >= 0.6 is 0 Å². The number of isocyanates is 1. The quantitative estimate of drug-likeness (QED) is 0.605. The summed E-state index contributed by atoms with van der Waals surface area (Å²) in [6.07, 6.45) is 4.33. The molecular formula is C12H13NO5S2. The smallest absolute Gasteiger partial charge is 0.224 e. The van der Waals surface area contributed by atoms with Crippen molar-refractivity contribution in [2.24, 2.45) is 4.99 Å². The topological polar surface area (TPSA) is 97.7 Å². The van der Waals surface area contributed by atoms with Gasteiger partial charge < -0.3 is 0 Å². The fourth-order valence-corrected chi connectivity index (χ4v) is 4.98. The van der Waals surface area contributed by atoms with E-state index in [1.165, 1.54) is 24.3 Å². The molecule has 0 bridgehead atoms. The Balaban J connectivity index is 2.88. The van der Waals surface area contributed by atoms with Gasteiger partial charge in [-0.2, -0.15) is 4.99 Å². The molecule has 1 aromatic rings. The lowest BCUT2D eigenvalue weighted by Crippen LogP contribution is -2.15. The van der Waals surface area contributed by atoms with E-state index in [1.807, 2.05) is 0 Å². The number of rotatable bonds is 4. The molecule has 0 N–H and O–H groups in total. The molecule has 8 heteroatoms. The Hall–Kier alpha value is -1.50. The lowest BCUT2D eigenvalue weighted by atomic mass is 10.1. The molecule has 108 valence electrons. The SMILES string of the molecule is CS(=O)(=O)c1cccc(C2(N=C=O)CC2)c1S(C)(=O)=O. The van der Waals surface area contributed by atoms with Gasteiger partial charge in [0.1, 0.15) is 0 Å². The first kappa shape index (κ1) is 14.9. The summed E-state index contributed by atoms with van der Waals surface area (Å²) in [5.74, 6) is 0. The van der Waals surface area contributed by atoms with Crippen molar-refractivity contribution in [3.05, 3.63) is 23.8 Å². The van der Waals surface area contributed by atoms with E-state index in [0.29, 0.717) is 12.8 Å². The van der Waals surface area contributed by atoms with Crippen molar-refractivity contribution >= 4 is 25.8 Å². The molecule has 0 aliphatic heterocycles. The third kappa shape index (κ3) is 2.54. The second-order valence-corrected chi connectivity index (χ2v) is 8.85. The Morgan fingerprint density at radius 3 is 2.10 bits per heavy atom. The second-order valence-electron chi connectivity index (χ2n) is 4.91. The normalized spacial score (nSPS) is 17.3. The van der Waals surface area contributed by atoms with Crippen molar-refractivity contribution in [2.75, 3.05) is 12.5 Å². The molecule has 0 saturated heterocycles. The predicted molar refractivity (Wildman–Crippen MR) is 71.7 cm³/mol. The molecule has 0 amide bonds. The van der Waals surface area contributed by atoms with Crippen molar-refractivity contribution in [3.8, 4) is 0 Å². The molecule has 1 saturated carbocycles. The van der Waals surface area contributed by atoms with Crippen LogP contribution in [0.2, 0.25) is 0 Å². The largest absolute Gasteiger partial charge is 0.235 e. The summed E-state index contributed by atoms with van der Waals surface area (Å²) >= 11 is 0. The molecule has 1 aliphatic carbocycles. The summed E-state index contributed by atoms with van der Waals surface area (Å²) in [6, 6.07) is 4.20. The fraction of sp³-hybridized carbons (Fsp3) is 0.417. The molecular weight excluding hydrogens is 302 g/mol. The monoisotopic (exact) mass is 315 g/mol. The van der Waals surface area contributed by atoms with Crippen LogP contribution in [0.1, 0.15) is 18.4 Å². The van der Waals surface area contributed by atoms with Crippen molar-refractivity contribution in [2.45, 2.75) is 28.2 Å². The minimum absolute atomic E-state index is 0.256. The fourth-order valence-electron chi connectivity index (χ4n) is 2.20. The van der Waals surface area contributed by atoms with Gasteiger partial charge in [-0.05, 0) is 18.9 Å². The van der Waals surface area contributed by atoms with Crippen molar-refractivity contribution in [3.63, 3.8) is 0 Å². The van der Waals surface area contributed by atoms with Gasteiger partial charge in [-0.25, -0.2) is 21.6 Å². The van der Waals surface area contributed by atoms with Crippen LogP contribution in [-0.2, 0) is 30.0 Å². The maximum Gasteiger partial charge on any atom is 0.235 e. The van der Waals surface area contributed by atoms with Crippen LogP contribution in [-0.4, -0.2) is 35.4 Å². The first-order chi connectivity index (χ1) is 9.12. The molecule has 6 nitrogen and oxygen atoms in total. The van der Waals surface area contributed by atoms with Gasteiger partial charge in [0.05, 0.1) is 15.3 Å². The van der Waals surface area contributed by atoms with Gasteiger partial charge in [-0.1, -0.05) is 12.1 Å². The number of benzene rings is 1. The van der Waals surface area contributed by atoms with E-state index in [1.54, 1.807) is 0 Å². The number of hydrogen-bond acceptors (Lipinski definition) is 6. The second kappa shape index (κ2) is 4.51. The van der Waals surface area contributed by atoms with E-state index in [0.717, 1.165) is 12.5 Å². The lowest BCUT2D eigenvalue weighted by Gasteiger charge is -2.16. The molecule has 2 rings (SSSR count). The summed E-state index contributed by atoms with van der Waals surface area (Å²) in [7, 11) is -7.48. The first-order valence-electron chi connectivity index (χ1n) is 5.74. The summed E-state index contributed by atoms with van der Waals surface area (Å²) in [5.41, 5.74) is -0.688. The third-order valence-corrected chi connectivity index (χ3v) is 5.68. The molecule has 0 heterocycles. The molecule has 0 spiro atoms. The minimum Gasteiger partial charge on any atom is -0.224 e. The Labute approximate surface area is 117 Å². The highest BCUT2D eigenvalue weighted by Crippen LogP contribution is 2.51. The van der Waals surface area contributed by atoms with E-state index in [4.69, 9.17) is 0 Å². The Bertz CT molecular complexity index is 813.